The second-order valence-electron chi connectivity index (χ2n) is 18.5. The van der Waals surface area contributed by atoms with E-state index in [1.54, 1.807) is 68.4 Å². The van der Waals surface area contributed by atoms with Crippen molar-refractivity contribution in [3.05, 3.63) is 84.1 Å². The van der Waals surface area contributed by atoms with Crippen LogP contribution in [0.3, 0.4) is 0 Å². The van der Waals surface area contributed by atoms with Gasteiger partial charge in [-0.25, -0.2) is 29.9 Å². The Hall–Kier alpha value is -7.93. The quantitative estimate of drug-likeness (QED) is 0.129. The van der Waals surface area contributed by atoms with Crippen molar-refractivity contribution in [1.29, 1.82) is 0 Å². The van der Waals surface area contributed by atoms with Crippen LogP contribution in [0.5, 0.6) is 0 Å². The van der Waals surface area contributed by atoms with E-state index in [4.69, 9.17) is 19.0 Å². The number of amides is 4. The lowest BCUT2D eigenvalue weighted by Gasteiger charge is -2.42. The number of halogens is 3. The highest BCUT2D eigenvalue weighted by Crippen LogP contribution is 2.40. The third-order valence-corrected chi connectivity index (χ3v) is 13.6. The second-order valence-corrected chi connectivity index (χ2v) is 18.5. The van der Waals surface area contributed by atoms with E-state index in [9.17, 15) is 42.6 Å². The number of nitrogens with one attached hydrogen (secondary N) is 2. The number of hydrogen-bond acceptors (Lipinski definition) is 18. The summed E-state index contributed by atoms with van der Waals surface area (Å²) in [5.41, 5.74) is -0.500. The largest absolute Gasteiger partial charge is 0.395 e. The molecule has 4 aliphatic heterocycles. The highest BCUT2D eigenvalue weighted by Gasteiger charge is 2.51. The van der Waals surface area contributed by atoms with Gasteiger partial charge >= 0.3 is 6.18 Å². The van der Waals surface area contributed by atoms with Gasteiger partial charge in [0.05, 0.1) is 46.1 Å². The highest BCUT2D eigenvalue weighted by atomic mass is 19.4. The van der Waals surface area contributed by atoms with Crippen molar-refractivity contribution in [2.45, 2.75) is 68.6 Å². The van der Waals surface area contributed by atoms with E-state index in [2.05, 4.69) is 40.9 Å². The van der Waals surface area contributed by atoms with Crippen LogP contribution in [0.1, 0.15) is 56.2 Å². The maximum absolute atomic E-state index is 14.2. The molecule has 0 aliphatic carbocycles. The van der Waals surface area contributed by atoms with Crippen molar-refractivity contribution in [1.82, 2.24) is 59.8 Å². The van der Waals surface area contributed by atoms with Gasteiger partial charge in [-0.3, -0.25) is 19.2 Å². The maximum Gasteiger partial charge on any atom is 0.395 e. The van der Waals surface area contributed by atoms with Crippen molar-refractivity contribution in [2.75, 3.05) is 57.5 Å². The third kappa shape index (κ3) is 8.71. The van der Waals surface area contributed by atoms with Crippen molar-refractivity contribution >= 4 is 35.5 Å². The predicted octanol–water partition coefficient (Wildman–Crippen LogP) is 3.40. The van der Waals surface area contributed by atoms with E-state index in [1.807, 2.05) is 0 Å². The molecule has 4 fully saturated rings. The van der Waals surface area contributed by atoms with Gasteiger partial charge in [-0.05, 0) is 62.2 Å². The number of carbonyl (C=O) groups is 4. The van der Waals surface area contributed by atoms with Crippen LogP contribution in [0.15, 0.2) is 76.0 Å². The Morgan fingerprint density at radius 3 is 1.65 bits per heavy atom. The van der Waals surface area contributed by atoms with E-state index in [0.717, 1.165) is 4.90 Å². The van der Waals surface area contributed by atoms with Gasteiger partial charge in [0.15, 0.2) is 11.5 Å². The molecule has 25 heteroatoms. The highest BCUT2D eigenvalue weighted by molar-refractivity contribution is 5.89. The summed E-state index contributed by atoms with van der Waals surface area (Å²) < 4.78 is 50.4. The first-order chi connectivity index (χ1) is 34.3. The minimum Gasteiger partial charge on any atom is -0.373 e. The summed E-state index contributed by atoms with van der Waals surface area (Å²) in [6.07, 6.45) is -0.641. The predicted molar refractivity (Wildman–Crippen MR) is 245 cm³/mol. The fourth-order valence-electron chi connectivity index (χ4n) is 9.11. The molecule has 10 rings (SSSR count). The minimum atomic E-state index is -4.39. The molecule has 0 spiro atoms. The van der Waals surface area contributed by atoms with E-state index in [0.29, 0.717) is 60.1 Å². The SMILES string of the molecule is CC(Nc1nccc(-c2cc(C3CCN3C(=O)C(C)Nc3nccc(-c4cccc(-c5cc(C6(O)CCN(C)C6=O)on5)n4)n3)cc(-c3cc(C4(O)CCN(C)C4=O)on3)n2)n1)C(=O)N1CC(C(F)(F)F)C1. The van der Waals surface area contributed by atoms with Gasteiger partial charge in [-0.1, -0.05) is 16.4 Å². The molecule has 10 heterocycles. The second kappa shape index (κ2) is 18.0. The van der Waals surface area contributed by atoms with Crippen molar-refractivity contribution in [2.24, 2.45) is 5.92 Å². The van der Waals surface area contributed by atoms with Gasteiger partial charge in [0.2, 0.25) is 34.9 Å². The summed E-state index contributed by atoms with van der Waals surface area (Å²) in [5, 5.41) is 36.6. The summed E-state index contributed by atoms with van der Waals surface area (Å²) in [7, 11) is 3.17. The van der Waals surface area contributed by atoms with E-state index < -0.39 is 72.2 Å². The van der Waals surface area contributed by atoms with Crippen LogP contribution in [0.2, 0.25) is 0 Å². The Morgan fingerprint density at radius 1 is 0.681 bits per heavy atom. The number of rotatable bonds is 13. The Labute approximate surface area is 407 Å². The van der Waals surface area contributed by atoms with Crippen LogP contribution < -0.4 is 10.6 Å². The van der Waals surface area contributed by atoms with Crippen LogP contribution in [0, 0.1) is 5.92 Å². The maximum atomic E-state index is 14.2. The monoisotopic (exact) mass is 992 g/mol. The summed E-state index contributed by atoms with van der Waals surface area (Å²) in [6, 6.07) is 12.6. The number of aliphatic hydroxyl groups is 2. The van der Waals surface area contributed by atoms with Crippen LogP contribution >= 0.6 is 0 Å². The normalized spacial score (nSPS) is 22.2. The van der Waals surface area contributed by atoms with Crippen LogP contribution in [0.25, 0.3) is 45.6 Å². The number of likely N-dealkylation sites (N-methyl/N-ethyl adjacent to an activating group) is 2. The molecule has 22 nitrogen and oxygen atoms in total. The number of carbonyl (C=O) groups excluding carboxylic acids is 4. The molecule has 0 bridgehead atoms. The summed E-state index contributed by atoms with van der Waals surface area (Å²) in [5.74, 6) is -3.32. The van der Waals surface area contributed by atoms with E-state index >= 15 is 0 Å². The van der Waals surface area contributed by atoms with E-state index in [-0.39, 0.29) is 59.2 Å². The number of hydrogen-bond donors (Lipinski definition) is 4. The summed E-state index contributed by atoms with van der Waals surface area (Å²) in [4.78, 5) is 85.8. The first-order valence-electron chi connectivity index (χ1n) is 23.0. The number of anilines is 2. The Kier molecular flexibility index (Phi) is 12.0. The Morgan fingerprint density at radius 2 is 1.15 bits per heavy atom. The molecule has 4 N–H and O–H groups in total. The fourth-order valence-corrected chi connectivity index (χ4v) is 9.11. The minimum absolute atomic E-state index is 0.00988. The summed E-state index contributed by atoms with van der Waals surface area (Å²) >= 11 is 0. The molecule has 0 aromatic carbocycles. The Balaban J connectivity index is 0.877. The topological polar surface area (TPSA) is 275 Å². The smallest absolute Gasteiger partial charge is 0.373 e. The molecular formula is C47H47F3N14O8. The first kappa shape index (κ1) is 47.7. The van der Waals surface area contributed by atoms with Crippen LogP contribution in [-0.2, 0) is 30.4 Å². The summed E-state index contributed by atoms with van der Waals surface area (Å²) in [6.45, 7) is 3.38. The average Bonchev–Trinajstić information content (AvgIpc) is 4.15. The average molecular weight is 993 g/mol. The van der Waals surface area contributed by atoms with Crippen molar-refractivity contribution < 1.29 is 51.6 Å². The van der Waals surface area contributed by atoms with Crippen LogP contribution in [-0.4, -0.2) is 159 Å². The van der Waals surface area contributed by atoms with Crippen LogP contribution in [0.4, 0.5) is 25.1 Å². The van der Waals surface area contributed by atoms with Gasteiger partial charge < -0.3 is 49.5 Å². The third-order valence-electron chi connectivity index (χ3n) is 13.6. The van der Waals surface area contributed by atoms with Gasteiger partial charge in [0.25, 0.3) is 11.8 Å². The zero-order valence-corrected chi connectivity index (χ0v) is 39.2. The van der Waals surface area contributed by atoms with Gasteiger partial charge in [-0.15, -0.1) is 0 Å². The lowest BCUT2D eigenvalue weighted by molar-refractivity contribution is -0.209. The van der Waals surface area contributed by atoms with Gasteiger partial charge in [-0.2, -0.15) is 13.2 Å². The molecule has 5 atom stereocenters. The molecule has 72 heavy (non-hydrogen) atoms. The molecule has 374 valence electrons. The molecule has 5 unspecified atom stereocenters. The Bertz CT molecular complexity index is 3110. The first-order valence-corrected chi connectivity index (χ1v) is 23.0. The molecule has 6 aromatic rings. The fraction of sp³-hybridized carbons (Fsp3) is 0.404. The molecule has 4 amide bonds. The zero-order valence-electron chi connectivity index (χ0n) is 39.2. The molecule has 4 aliphatic rings. The number of aromatic nitrogens is 8. The van der Waals surface area contributed by atoms with E-state index in [1.165, 1.54) is 41.2 Å². The number of pyridine rings is 2. The molecule has 0 radical (unpaired) electrons. The molecule has 4 saturated heterocycles. The van der Waals surface area contributed by atoms with Crippen molar-refractivity contribution in [3.8, 4) is 45.6 Å². The van der Waals surface area contributed by atoms with Gasteiger partial charge in [0, 0.05) is 84.2 Å². The zero-order chi connectivity index (χ0) is 50.9. The van der Waals surface area contributed by atoms with Gasteiger partial charge in [0.1, 0.15) is 23.5 Å². The lowest BCUT2D eigenvalue weighted by atomic mass is 9.92. The molecule has 0 saturated carbocycles. The molecule has 6 aromatic heterocycles. The number of alkyl halides is 3. The van der Waals surface area contributed by atoms with Crippen molar-refractivity contribution in [3.63, 3.8) is 0 Å². The lowest BCUT2D eigenvalue weighted by Crippen LogP contribution is -2.58. The molecular weight excluding hydrogens is 946 g/mol. The number of likely N-dealkylation sites (tertiary alicyclic amines) is 4. The number of nitrogens with zero attached hydrogens (tertiary/aromatic N) is 12. The standard InChI is InChI=1S/C47H47F3N14O8/c1-24(39(65)63-22-27(23-63)47(48,49)50)53-43-52-14-9-31(58-43)32-18-26(19-33(56-32)35-21-38(72-60-35)46(70)12-17-62(4)42(46)68)36-10-15-64(36)40(66)25(2)54-44-51-13-8-30(57-44)28-6-5-7-29(55-28)34-20-37(71-59-34)45(69)11-16-61(3)41(45)67/h5-9,13-14,18-21,24-25,27,36,69-70H,10-12,15-17,22-23H2,1-4H3,(H,51,54,57)(H,52,53,58).